The van der Waals surface area contributed by atoms with Crippen molar-refractivity contribution in [2.45, 2.75) is 31.6 Å². The van der Waals surface area contributed by atoms with E-state index in [1.807, 2.05) is 24.3 Å². The molecule has 1 aromatic rings. The van der Waals surface area contributed by atoms with Crippen LogP contribution in [0, 0.1) is 0 Å². The standard InChI is InChI=1S/C17H16O5/c1-21-17(20)13(19)9-11-10-5-2-3-7-14(10)22-15-8-4-6-12(18)16(11)15/h2-3,5,7,11H,4,6,8-9H2,1H3/t11-/m1/s1. The molecule has 0 amide bonds. The number of methoxy groups -OCH3 is 1. The van der Waals surface area contributed by atoms with Crippen LogP contribution >= 0.6 is 0 Å². The lowest BCUT2D eigenvalue weighted by molar-refractivity contribution is -0.151. The number of rotatable bonds is 3. The van der Waals surface area contributed by atoms with Gasteiger partial charge in [-0.25, -0.2) is 4.79 Å². The van der Waals surface area contributed by atoms with Crippen molar-refractivity contribution in [2.75, 3.05) is 7.11 Å². The lowest BCUT2D eigenvalue weighted by atomic mass is 9.78. The molecule has 0 aromatic heterocycles. The van der Waals surface area contributed by atoms with E-state index in [0.29, 0.717) is 29.9 Å². The van der Waals surface area contributed by atoms with Crippen molar-refractivity contribution in [1.82, 2.24) is 0 Å². The van der Waals surface area contributed by atoms with Crippen LogP contribution in [0.5, 0.6) is 5.75 Å². The van der Waals surface area contributed by atoms with E-state index in [-0.39, 0.29) is 12.2 Å². The first-order valence-corrected chi connectivity index (χ1v) is 7.26. The van der Waals surface area contributed by atoms with Crippen molar-refractivity contribution in [3.63, 3.8) is 0 Å². The molecule has 1 heterocycles. The molecule has 0 bridgehead atoms. The molecule has 0 spiro atoms. The minimum absolute atomic E-state index is 0.00146. The van der Waals surface area contributed by atoms with E-state index in [2.05, 4.69) is 4.74 Å². The van der Waals surface area contributed by atoms with Gasteiger partial charge in [-0.2, -0.15) is 0 Å². The van der Waals surface area contributed by atoms with Crippen molar-refractivity contribution < 1.29 is 23.9 Å². The van der Waals surface area contributed by atoms with Gasteiger partial charge in [0.1, 0.15) is 11.5 Å². The van der Waals surface area contributed by atoms with Crippen LogP contribution in [0.4, 0.5) is 0 Å². The van der Waals surface area contributed by atoms with Crippen LogP contribution in [0.15, 0.2) is 35.6 Å². The number of esters is 1. The lowest BCUT2D eigenvalue weighted by Crippen LogP contribution is -2.28. The summed E-state index contributed by atoms with van der Waals surface area (Å²) in [5.41, 5.74) is 1.32. The summed E-state index contributed by atoms with van der Waals surface area (Å²) in [7, 11) is 1.18. The van der Waals surface area contributed by atoms with Crippen LogP contribution < -0.4 is 4.74 Å². The molecule has 3 rings (SSSR count). The molecule has 0 saturated heterocycles. The van der Waals surface area contributed by atoms with Crippen molar-refractivity contribution in [2.24, 2.45) is 0 Å². The summed E-state index contributed by atoms with van der Waals surface area (Å²) >= 11 is 0. The van der Waals surface area contributed by atoms with Crippen LogP contribution in [-0.2, 0) is 19.1 Å². The number of hydrogen-bond acceptors (Lipinski definition) is 5. The Kier molecular flexibility index (Phi) is 3.79. The Morgan fingerprint density at radius 3 is 2.82 bits per heavy atom. The number of ketones is 2. The SMILES string of the molecule is COC(=O)C(=O)C[C@H]1C2=C(CCCC2=O)Oc2ccccc21. The topological polar surface area (TPSA) is 69.7 Å². The largest absolute Gasteiger partial charge is 0.463 e. The first-order valence-electron chi connectivity index (χ1n) is 7.26. The monoisotopic (exact) mass is 300 g/mol. The third-order valence-electron chi connectivity index (χ3n) is 4.09. The molecule has 5 nitrogen and oxygen atoms in total. The number of benzene rings is 1. The van der Waals surface area contributed by atoms with Crippen LogP contribution in [-0.4, -0.2) is 24.6 Å². The van der Waals surface area contributed by atoms with Gasteiger partial charge in [-0.05, 0) is 12.5 Å². The molecule has 1 aliphatic carbocycles. The zero-order valence-electron chi connectivity index (χ0n) is 12.3. The summed E-state index contributed by atoms with van der Waals surface area (Å²) in [4.78, 5) is 35.7. The van der Waals surface area contributed by atoms with E-state index in [1.165, 1.54) is 7.11 Å². The van der Waals surface area contributed by atoms with Gasteiger partial charge in [-0.3, -0.25) is 9.59 Å². The molecule has 1 atom stereocenters. The van der Waals surface area contributed by atoms with Gasteiger partial charge >= 0.3 is 5.97 Å². The third kappa shape index (κ3) is 2.43. The van der Waals surface area contributed by atoms with Crippen molar-refractivity contribution in [3.8, 4) is 5.75 Å². The molecule has 114 valence electrons. The molecule has 2 aliphatic rings. The second kappa shape index (κ2) is 5.75. The Morgan fingerprint density at radius 2 is 2.05 bits per heavy atom. The summed E-state index contributed by atoms with van der Waals surface area (Å²) in [6, 6.07) is 7.31. The molecule has 22 heavy (non-hydrogen) atoms. The Bertz CT molecular complexity index is 686. The number of ether oxygens (including phenoxy) is 2. The van der Waals surface area contributed by atoms with E-state index in [4.69, 9.17) is 4.74 Å². The molecule has 1 aliphatic heterocycles. The zero-order valence-corrected chi connectivity index (χ0v) is 12.3. The average Bonchev–Trinajstić information content (AvgIpc) is 2.53. The minimum Gasteiger partial charge on any atom is -0.463 e. The van der Waals surface area contributed by atoms with E-state index in [1.54, 1.807) is 0 Å². The third-order valence-corrected chi connectivity index (χ3v) is 4.09. The highest BCUT2D eigenvalue weighted by atomic mass is 16.5. The number of carbonyl (C=O) groups excluding carboxylic acids is 3. The van der Waals surface area contributed by atoms with Crippen molar-refractivity contribution in [1.29, 1.82) is 0 Å². The summed E-state index contributed by atoms with van der Waals surface area (Å²) in [5, 5.41) is 0. The summed E-state index contributed by atoms with van der Waals surface area (Å²) in [6.45, 7) is 0. The number of carbonyl (C=O) groups is 3. The second-order valence-electron chi connectivity index (χ2n) is 5.42. The Balaban J connectivity index is 2.02. The molecule has 1 aromatic carbocycles. The number of Topliss-reactive ketones (excluding diaryl/α,β-unsaturated/α-hetero) is 2. The van der Waals surface area contributed by atoms with Gasteiger partial charge in [0, 0.05) is 36.3 Å². The van der Waals surface area contributed by atoms with E-state index in [0.717, 1.165) is 12.0 Å². The summed E-state index contributed by atoms with van der Waals surface area (Å²) < 4.78 is 10.3. The number of hydrogen-bond donors (Lipinski definition) is 0. The molecule has 0 N–H and O–H groups in total. The van der Waals surface area contributed by atoms with Crippen LogP contribution in [0.2, 0.25) is 0 Å². The predicted molar refractivity (Wildman–Crippen MR) is 77.3 cm³/mol. The van der Waals surface area contributed by atoms with E-state index in [9.17, 15) is 14.4 Å². The molecule has 0 saturated carbocycles. The highest BCUT2D eigenvalue weighted by molar-refractivity contribution is 6.33. The van der Waals surface area contributed by atoms with Gasteiger partial charge < -0.3 is 9.47 Å². The first-order chi connectivity index (χ1) is 10.6. The smallest absolute Gasteiger partial charge is 0.374 e. The maximum Gasteiger partial charge on any atom is 0.374 e. The van der Waals surface area contributed by atoms with E-state index >= 15 is 0 Å². The van der Waals surface area contributed by atoms with Gasteiger partial charge in [0.25, 0.3) is 0 Å². The van der Waals surface area contributed by atoms with Gasteiger partial charge in [0.05, 0.1) is 7.11 Å². The second-order valence-corrected chi connectivity index (χ2v) is 5.42. The van der Waals surface area contributed by atoms with Crippen LogP contribution in [0.1, 0.15) is 37.2 Å². The molecule has 0 fully saturated rings. The van der Waals surface area contributed by atoms with Crippen LogP contribution in [0.25, 0.3) is 0 Å². The van der Waals surface area contributed by atoms with Gasteiger partial charge in [-0.15, -0.1) is 0 Å². The highest BCUT2D eigenvalue weighted by Crippen LogP contribution is 2.44. The Hall–Kier alpha value is -2.43. The van der Waals surface area contributed by atoms with Gasteiger partial charge in [-0.1, -0.05) is 18.2 Å². The fraction of sp³-hybridized carbons (Fsp3) is 0.353. The zero-order chi connectivity index (χ0) is 15.7. The number of allylic oxidation sites excluding steroid dienone is 2. The quantitative estimate of drug-likeness (QED) is 0.633. The van der Waals surface area contributed by atoms with Gasteiger partial charge in [0.2, 0.25) is 5.78 Å². The fourth-order valence-corrected chi connectivity index (χ4v) is 3.07. The Labute approximate surface area is 127 Å². The average molecular weight is 300 g/mol. The molecular weight excluding hydrogens is 284 g/mol. The predicted octanol–water partition coefficient (Wildman–Crippen LogP) is 2.30. The molecule has 0 unspecified atom stereocenters. The number of fused-ring (bicyclic) bond motifs is 1. The maximum atomic E-state index is 12.3. The van der Waals surface area contributed by atoms with Crippen LogP contribution in [0.3, 0.4) is 0 Å². The molecule has 5 heteroatoms. The lowest BCUT2D eigenvalue weighted by Gasteiger charge is -2.32. The normalized spacial score (nSPS) is 19.9. The van der Waals surface area contributed by atoms with Crippen molar-refractivity contribution >= 4 is 17.5 Å². The van der Waals surface area contributed by atoms with E-state index < -0.39 is 17.7 Å². The first kappa shape index (κ1) is 14.5. The summed E-state index contributed by atoms with van der Waals surface area (Å²) in [5.74, 6) is -0.655. The summed E-state index contributed by atoms with van der Waals surface area (Å²) in [6.07, 6.45) is 1.81. The molecule has 0 radical (unpaired) electrons. The number of para-hydroxylation sites is 1. The van der Waals surface area contributed by atoms with Gasteiger partial charge in [0.15, 0.2) is 5.78 Å². The van der Waals surface area contributed by atoms with Crippen molar-refractivity contribution in [3.05, 3.63) is 41.2 Å². The minimum atomic E-state index is -0.880. The fourth-order valence-electron chi connectivity index (χ4n) is 3.07. The molecular formula is C17H16O5. The maximum absolute atomic E-state index is 12.3. The highest BCUT2D eigenvalue weighted by Gasteiger charge is 2.37. The Morgan fingerprint density at radius 1 is 1.27 bits per heavy atom.